The van der Waals surface area contributed by atoms with E-state index in [1.165, 1.54) is 24.3 Å². The second-order valence-electron chi connectivity index (χ2n) is 5.89. The van der Waals surface area contributed by atoms with Gasteiger partial charge >= 0.3 is 0 Å². The zero-order valence-electron chi connectivity index (χ0n) is 14.8. The first-order chi connectivity index (χ1) is 11.7. The van der Waals surface area contributed by atoms with Crippen LogP contribution in [-0.4, -0.2) is 62.1 Å². The van der Waals surface area contributed by atoms with Crippen LogP contribution in [0, 0.1) is 5.82 Å². The summed E-state index contributed by atoms with van der Waals surface area (Å²) in [7, 11) is 0. The van der Waals surface area contributed by atoms with Gasteiger partial charge in [-0.05, 0) is 56.0 Å². The van der Waals surface area contributed by atoms with Crippen molar-refractivity contribution < 1.29 is 4.39 Å². The van der Waals surface area contributed by atoms with E-state index < -0.39 is 0 Å². The molecule has 4 nitrogen and oxygen atoms in total. The summed E-state index contributed by atoms with van der Waals surface area (Å²) in [5.41, 5.74) is 1.09. The number of hydrogen-bond acceptors (Lipinski definition) is 3. The average molecular weight is 353 g/mol. The number of aliphatic imine (C=N–C) groups is 1. The fourth-order valence-electron chi connectivity index (χ4n) is 2.80. The Hall–Kier alpha value is -1.43. The number of guanidine groups is 1. The van der Waals surface area contributed by atoms with Crippen LogP contribution in [0.3, 0.4) is 0 Å². The minimum atomic E-state index is -0.180. The van der Waals surface area contributed by atoms with Crippen LogP contribution in [0.2, 0.25) is 0 Å². The van der Waals surface area contributed by atoms with Crippen molar-refractivity contribution in [1.29, 1.82) is 0 Å². The number of rotatable bonds is 7. The molecule has 6 heteroatoms. The second-order valence-corrected chi connectivity index (χ2v) is 6.87. The lowest BCUT2D eigenvalue weighted by Gasteiger charge is -2.37. The normalized spacial score (nSPS) is 15.7. The first-order valence-electron chi connectivity index (χ1n) is 8.77. The first-order valence-corrected chi connectivity index (χ1v) is 10.2. The van der Waals surface area contributed by atoms with Crippen molar-refractivity contribution in [2.45, 2.75) is 19.8 Å². The number of benzene rings is 1. The van der Waals surface area contributed by atoms with Gasteiger partial charge in [0.2, 0.25) is 0 Å². The monoisotopic (exact) mass is 352 g/mol. The van der Waals surface area contributed by atoms with Crippen LogP contribution in [0.25, 0.3) is 0 Å². The highest BCUT2D eigenvalue weighted by atomic mass is 32.2. The Labute approximate surface area is 149 Å². The van der Waals surface area contributed by atoms with Gasteiger partial charge in [-0.25, -0.2) is 4.39 Å². The minimum Gasteiger partial charge on any atom is -0.368 e. The lowest BCUT2D eigenvalue weighted by Crippen LogP contribution is -2.52. The molecular formula is C18H29FN4S. The summed E-state index contributed by atoms with van der Waals surface area (Å²) in [6.07, 6.45) is 4.52. The molecule has 0 amide bonds. The van der Waals surface area contributed by atoms with Gasteiger partial charge in [-0.15, -0.1) is 0 Å². The summed E-state index contributed by atoms with van der Waals surface area (Å²) in [5.74, 6) is 2.06. The molecule has 0 bridgehead atoms. The molecule has 1 aliphatic rings. The van der Waals surface area contributed by atoms with Gasteiger partial charge in [0.05, 0.1) is 0 Å². The highest BCUT2D eigenvalue weighted by Gasteiger charge is 2.19. The number of hydrogen-bond donors (Lipinski definition) is 1. The maximum Gasteiger partial charge on any atom is 0.194 e. The highest BCUT2D eigenvalue weighted by molar-refractivity contribution is 7.98. The molecule has 1 N–H and O–H groups in total. The van der Waals surface area contributed by atoms with Crippen LogP contribution in [0.5, 0.6) is 0 Å². The van der Waals surface area contributed by atoms with E-state index in [0.717, 1.165) is 57.3 Å². The lowest BCUT2D eigenvalue weighted by molar-refractivity contribution is 0.372. The van der Waals surface area contributed by atoms with E-state index in [1.807, 2.05) is 23.9 Å². The molecule has 0 atom stereocenters. The molecule has 1 aliphatic heterocycles. The summed E-state index contributed by atoms with van der Waals surface area (Å²) in [4.78, 5) is 9.41. The Balaban J connectivity index is 1.85. The van der Waals surface area contributed by atoms with E-state index in [0.29, 0.717) is 0 Å². The van der Waals surface area contributed by atoms with E-state index in [9.17, 15) is 4.39 Å². The smallest absolute Gasteiger partial charge is 0.194 e. The Kier molecular flexibility index (Phi) is 8.22. The van der Waals surface area contributed by atoms with Crippen LogP contribution in [-0.2, 0) is 0 Å². The molecule has 2 rings (SSSR count). The van der Waals surface area contributed by atoms with Gasteiger partial charge in [0.1, 0.15) is 5.82 Å². The van der Waals surface area contributed by atoms with Crippen molar-refractivity contribution in [3.63, 3.8) is 0 Å². The summed E-state index contributed by atoms with van der Waals surface area (Å²) < 4.78 is 13.1. The quantitative estimate of drug-likeness (QED) is 0.464. The highest BCUT2D eigenvalue weighted by Crippen LogP contribution is 2.17. The predicted octanol–water partition coefficient (Wildman–Crippen LogP) is 3.06. The predicted molar refractivity (Wildman–Crippen MR) is 104 cm³/mol. The summed E-state index contributed by atoms with van der Waals surface area (Å²) >= 11 is 1.89. The van der Waals surface area contributed by atoms with Gasteiger partial charge in [0.25, 0.3) is 0 Å². The van der Waals surface area contributed by atoms with Gasteiger partial charge in [0, 0.05) is 45.0 Å². The number of thioether (sulfide) groups is 1. The van der Waals surface area contributed by atoms with Gasteiger partial charge in [0.15, 0.2) is 5.96 Å². The number of anilines is 1. The lowest BCUT2D eigenvalue weighted by atomic mass is 10.2. The molecule has 0 saturated carbocycles. The largest absolute Gasteiger partial charge is 0.368 e. The third-order valence-electron chi connectivity index (χ3n) is 4.12. The van der Waals surface area contributed by atoms with Gasteiger partial charge in [-0.2, -0.15) is 11.8 Å². The molecule has 0 aromatic heterocycles. The Morgan fingerprint density at radius 1 is 1.17 bits per heavy atom. The van der Waals surface area contributed by atoms with E-state index >= 15 is 0 Å². The van der Waals surface area contributed by atoms with Crippen molar-refractivity contribution in [2.75, 3.05) is 56.2 Å². The van der Waals surface area contributed by atoms with E-state index in [1.54, 1.807) is 0 Å². The van der Waals surface area contributed by atoms with Crippen LogP contribution in [0.1, 0.15) is 19.8 Å². The van der Waals surface area contributed by atoms with Crippen LogP contribution >= 0.6 is 11.8 Å². The summed E-state index contributed by atoms with van der Waals surface area (Å²) in [6.45, 7) is 7.63. The Morgan fingerprint density at radius 2 is 1.88 bits per heavy atom. The zero-order chi connectivity index (χ0) is 17.2. The second kappa shape index (κ2) is 10.4. The summed E-state index contributed by atoms with van der Waals surface area (Å²) in [5, 5.41) is 3.41. The minimum absolute atomic E-state index is 0.180. The Morgan fingerprint density at radius 3 is 2.50 bits per heavy atom. The molecule has 134 valence electrons. The van der Waals surface area contributed by atoms with Crippen LogP contribution in [0.4, 0.5) is 10.1 Å². The van der Waals surface area contributed by atoms with Crippen molar-refractivity contribution in [1.82, 2.24) is 10.2 Å². The number of nitrogens with one attached hydrogen (secondary N) is 1. The molecule has 1 aromatic carbocycles. The average Bonchev–Trinajstić information content (AvgIpc) is 2.61. The molecule has 0 aliphatic carbocycles. The van der Waals surface area contributed by atoms with Crippen LogP contribution in [0.15, 0.2) is 29.3 Å². The van der Waals surface area contributed by atoms with Crippen molar-refractivity contribution in [3.05, 3.63) is 30.1 Å². The van der Waals surface area contributed by atoms with E-state index in [2.05, 4.69) is 28.3 Å². The number of nitrogens with zero attached hydrogens (tertiary/aromatic N) is 3. The molecule has 1 saturated heterocycles. The number of unbranched alkanes of at least 4 members (excludes halogenated alkanes) is 1. The molecule has 24 heavy (non-hydrogen) atoms. The molecular weight excluding hydrogens is 323 g/mol. The van der Waals surface area contributed by atoms with Crippen LogP contribution < -0.4 is 10.2 Å². The third-order valence-corrected chi connectivity index (χ3v) is 4.82. The summed E-state index contributed by atoms with van der Waals surface area (Å²) in [6, 6.07) is 6.77. The van der Waals surface area contributed by atoms with Gasteiger partial charge < -0.3 is 15.1 Å². The maximum absolute atomic E-state index is 13.1. The van der Waals surface area contributed by atoms with Crippen molar-refractivity contribution in [2.24, 2.45) is 4.99 Å². The van der Waals surface area contributed by atoms with E-state index in [-0.39, 0.29) is 5.82 Å². The molecule has 1 aromatic rings. The first kappa shape index (κ1) is 18.9. The molecule has 0 unspecified atom stereocenters. The zero-order valence-corrected chi connectivity index (χ0v) is 15.6. The SMILES string of the molecule is CCNC(=NCCCCSC)N1CCN(c2ccc(F)cc2)CC1. The van der Waals surface area contributed by atoms with E-state index in [4.69, 9.17) is 4.99 Å². The fraction of sp³-hybridized carbons (Fsp3) is 0.611. The topological polar surface area (TPSA) is 30.9 Å². The maximum atomic E-state index is 13.1. The standard InChI is InChI=1S/C18H29FN4S/c1-3-20-18(21-10-4-5-15-24-2)23-13-11-22(12-14-23)17-8-6-16(19)7-9-17/h6-9H,3-5,10-15H2,1-2H3,(H,20,21). The Bertz CT molecular complexity index is 498. The van der Waals surface area contributed by atoms with Gasteiger partial charge in [-0.3, -0.25) is 4.99 Å². The molecule has 1 heterocycles. The molecule has 1 fully saturated rings. The fourth-order valence-corrected chi connectivity index (χ4v) is 3.29. The number of piperazine rings is 1. The molecule has 0 spiro atoms. The third kappa shape index (κ3) is 5.89. The van der Waals surface area contributed by atoms with Crippen molar-refractivity contribution in [3.8, 4) is 0 Å². The van der Waals surface area contributed by atoms with Crippen molar-refractivity contribution >= 4 is 23.4 Å². The van der Waals surface area contributed by atoms with Gasteiger partial charge in [-0.1, -0.05) is 0 Å². The molecule has 0 radical (unpaired) electrons. The number of halogens is 1.